The normalized spacial score (nSPS) is 27.9. The molecule has 0 spiro atoms. The molecule has 1 saturated carbocycles. The van der Waals surface area contributed by atoms with Crippen LogP contribution < -0.4 is 5.73 Å². The quantitative estimate of drug-likeness (QED) is 0.754. The molecule has 0 aromatic rings. The minimum absolute atomic E-state index is 0.365. The summed E-state index contributed by atoms with van der Waals surface area (Å²) < 4.78 is 0. The molecule has 2 N–H and O–H groups in total. The molecule has 2 nitrogen and oxygen atoms in total. The topological polar surface area (TPSA) is 29.3 Å². The van der Waals surface area contributed by atoms with Gasteiger partial charge in [-0.2, -0.15) is 0 Å². The van der Waals surface area contributed by atoms with Gasteiger partial charge in [-0.05, 0) is 44.7 Å². The van der Waals surface area contributed by atoms with Crippen molar-refractivity contribution in [2.45, 2.75) is 65.0 Å². The summed E-state index contributed by atoms with van der Waals surface area (Å²) in [6, 6.07) is 1.19. The van der Waals surface area contributed by atoms with E-state index >= 15 is 0 Å². The summed E-state index contributed by atoms with van der Waals surface area (Å²) in [7, 11) is 2.28. The zero-order chi connectivity index (χ0) is 12.1. The highest BCUT2D eigenvalue weighted by atomic mass is 15.1. The van der Waals surface area contributed by atoms with Crippen LogP contribution in [0, 0.1) is 11.8 Å². The molecular weight excluding hydrogens is 196 g/mol. The Balaban J connectivity index is 2.31. The van der Waals surface area contributed by atoms with Crippen LogP contribution in [0.15, 0.2) is 0 Å². The lowest BCUT2D eigenvalue weighted by Crippen LogP contribution is -2.38. The van der Waals surface area contributed by atoms with E-state index in [1.54, 1.807) is 0 Å². The van der Waals surface area contributed by atoms with Crippen molar-refractivity contribution in [1.29, 1.82) is 0 Å². The lowest BCUT2D eigenvalue weighted by atomic mass is 9.98. The molecule has 0 aliphatic heterocycles. The molecule has 1 fully saturated rings. The second-order valence-electron chi connectivity index (χ2n) is 5.84. The van der Waals surface area contributed by atoms with Crippen molar-refractivity contribution in [1.82, 2.24) is 4.90 Å². The maximum atomic E-state index is 6.10. The molecule has 1 rings (SSSR count). The number of nitrogens with two attached hydrogens (primary N) is 1. The fraction of sp³-hybridized carbons (Fsp3) is 1.00. The van der Waals surface area contributed by atoms with E-state index in [1.165, 1.54) is 32.2 Å². The third kappa shape index (κ3) is 3.74. The van der Waals surface area contributed by atoms with E-state index in [2.05, 4.69) is 32.7 Å². The van der Waals surface area contributed by atoms with Crippen molar-refractivity contribution in [3.05, 3.63) is 0 Å². The summed E-state index contributed by atoms with van der Waals surface area (Å²) in [5.41, 5.74) is 6.10. The van der Waals surface area contributed by atoms with Crippen LogP contribution in [0.1, 0.15) is 52.9 Å². The lowest BCUT2D eigenvalue weighted by Gasteiger charge is -2.30. The Morgan fingerprint density at radius 3 is 2.56 bits per heavy atom. The van der Waals surface area contributed by atoms with Crippen LogP contribution in [-0.2, 0) is 0 Å². The van der Waals surface area contributed by atoms with Crippen molar-refractivity contribution >= 4 is 0 Å². The summed E-state index contributed by atoms with van der Waals surface area (Å²) in [6.45, 7) is 7.93. The van der Waals surface area contributed by atoms with Crippen molar-refractivity contribution in [3.8, 4) is 0 Å². The molecule has 16 heavy (non-hydrogen) atoms. The van der Waals surface area contributed by atoms with Crippen LogP contribution in [0.25, 0.3) is 0 Å². The van der Waals surface area contributed by atoms with Crippen LogP contribution >= 0.6 is 0 Å². The molecule has 1 aliphatic rings. The Labute approximate surface area is 102 Å². The monoisotopic (exact) mass is 226 g/mol. The predicted molar refractivity (Wildman–Crippen MR) is 71.5 cm³/mol. The minimum atomic E-state index is 0.365. The van der Waals surface area contributed by atoms with Crippen molar-refractivity contribution in [2.24, 2.45) is 17.6 Å². The molecule has 0 bridgehead atoms. The largest absolute Gasteiger partial charge is 0.327 e. The van der Waals surface area contributed by atoms with E-state index < -0.39 is 0 Å². The van der Waals surface area contributed by atoms with Crippen LogP contribution in [-0.4, -0.2) is 30.6 Å². The highest BCUT2D eigenvalue weighted by Crippen LogP contribution is 2.31. The molecular formula is C14H30N2. The molecule has 3 unspecified atom stereocenters. The minimum Gasteiger partial charge on any atom is -0.327 e. The molecule has 96 valence electrons. The number of rotatable bonds is 6. The van der Waals surface area contributed by atoms with Gasteiger partial charge in [0.25, 0.3) is 0 Å². The molecule has 2 heteroatoms. The molecule has 0 saturated heterocycles. The van der Waals surface area contributed by atoms with Gasteiger partial charge >= 0.3 is 0 Å². The summed E-state index contributed by atoms with van der Waals surface area (Å²) in [6.07, 6.45) is 6.73. The third-order valence-electron chi connectivity index (χ3n) is 4.38. The van der Waals surface area contributed by atoms with Gasteiger partial charge < -0.3 is 10.6 Å². The van der Waals surface area contributed by atoms with E-state index in [9.17, 15) is 0 Å². The maximum Gasteiger partial charge on any atom is 0.0120 e. The molecule has 3 atom stereocenters. The van der Waals surface area contributed by atoms with Gasteiger partial charge in [0.1, 0.15) is 0 Å². The Kier molecular flexibility index (Phi) is 5.77. The molecule has 0 heterocycles. The Morgan fingerprint density at radius 2 is 2.00 bits per heavy atom. The zero-order valence-electron chi connectivity index (χ0n) is 11.6. The van der Waals surface area contributed by atoms with Gasteiger partial charge in [0.15, 0.2) is 0 Å². The third-order valence-corrected chi connectivity index (χ3v) is 4.38. The van der Waals surface area contributed by atoms with Crippen LogP contribution in [0.4, 0.5) is 0 Å². The lowest BCUT2D eigenvalue weighted by molar-refractivity contribution is 0.185. The van der Waals surface area contributed by atoms with Crippen molar-refractivity contribution in [3.63, 3.8) is 0 Å². The summed E-state index contributed by atoms with van der Waals surface area (Å²) in [5, 5.41) is 0. The number of hydrogen-bond acceptors (Lipinski definition) is 2. The zero-order valence-corrected chi connectivity index (χ0v) is 11.6. The molecule has 0 amide bonds. The van der Waals surface area contributed by atoms with Gasteiger partial charge in [-0.1, -0.05) is 33.6 Å². The first kappa shape index (κ1) is 14.0. The van der Waals surface area contributed by atoms with E-state index in [-0.39, 0.29) is 0 Å². The average molecular weight is 226 g/mol. The first-order valence-electron chi connectivity index (χ1n) is 7.02. The van der Waals surface area contributed by atoms with Crippen LogP contribution in [0.5, 0.6) is 0 Å². The second-order valence-corrected chi connectivity index (χ2v) is 5.84. The average Bonchev–Trinajstić information content (AvgIpc) is 2.73. The van der Waals surface area contributed by atoms with Gasteiger partial charge in [-0.3, -0.25) is 0 Å². The summed E-state index contributed by atoms with van der Waals surface area (Å²) in [4.78, 5) is 2.56. The van der Waals surface area contributed by atoms with Crippen molar-refractivity contribution in [2.75, 3.05) is 13.6 Å². The van der Waals surface area contributed by atoms with Gasteiger partial charge in [-0.15, -0.1) is 0 Å². The van der Waals surface area contributed by atoms with E-state index in [1.807, 2.05) is 0 Å². The Morgan fingerprint density at radius 1 is 1.31 bits per heavy atom. The van der Waals surface area contributed by atoms with E-state index in [0.29, 0.717) is 12.0 Å². The smallest absolute Gasteiger partial charge is 0.0120 e. The fourth-order valence-electron chi connectivity index (χ4n) is 2.93. The molecule has 1 aliphatic carbocycles. The maximum absolute atomic E-state index is 6.10. The van der Waals surface area contributed by atoms with Gasteiger partial charge in [-0.25, -0.2) is 0 Å². The molecule has 0 radical (unpaired) electrons. The van der Waals surface area contributed by atoms with E-state index in [4.69, 9.17) is 5.73 Å². The first-order valence-corrected chi connectivity index (χ1v) is 7.02. The highest BCUT2D eigenvalue weighted by Gasteiger charge is 2.28. The highest BCUT2D eigenvalue weighted by molar-refractivity contribution is 4.83. The standard InChI is InChI=1S/C14H30N2/c1-5-12-7-6-8-14(12)16(4)10-9-13(15)11(2)3/h11-14H,5-10,15H2,1-4H3. The second kappa shape index (κ2) is 6.61. The predicted octanol–water partition coefficient (Wildman–Crippen LogP) is 2.87. The molecule has 0 aromatic carbocycles. The Hall–Kier alpha value is -0.0800. The van der Waals surface area contributed by atoms with Gasteiger partial charge in [0.05, 0.1) is 0 Å². The van der Waals surface area contributed by atoms with Gasteiger partial charge in [0.2, 0.25) is 0 Å². The molecule has 0 aromatic heterocycles. The van der Waals surface area contributed by atoms with Gasteiger partial charge in [0, 0.05) is 12.1 Å². The summed E-state index contributed by atoms with van der Waals surface area (Å²) in [5.74, 6) is 1.54. The SMILES string of the molecule is CCC1CCCC1N(C)CCC(N)C(C)C. The fourth-order valence-corrected chi connectivity index (χ4v) is 2.93. The summed E-state index contributed by atoms with van der Waals surface area (Å²) >= 11 is 0. The van der Waals surface area contributed by atoms with E-state index in [0.717, 1.165) is 18.4 Å². The number of nitrogens with zero attached hydrogens (tertiary/aromatic N) is 1. The van der Waals surface area contributed by atoms with Crippen LogP contribution in [0.3, 0.4) is 0 Å². The Bertz CT molecular complexity index is 191. The van der Waals surface area contributed by atoms with Crippen LogP contribution in [0.2, 0.25) is 0 Å². The first-order chi connectivity index (χ1) is 7.56. The van der Waals surface area contributed by atoms with Crippen molar-refractivity contribution < 1.29 is 0 Å². The number of hydrogen-bond donors (Lipinski definition) is 1.